The molecule has 0 amide bonds. The van der Waals surface area contributed by atoms with Gasteiger partial charge in [-0.15, -0.1) is 10.2 Å². The monoisotopic (exact) mass is 287 g/mol. The smallest absolute Gasteiger partial charge is 0.346 e. The number of anilines is 1. The number of hydrogen-bond donors (Lipinski definition) is 0. The van der Waals surface area contributed by atoms with Crippen LogP contribution in [0, 0.1) is 0 Å². The van der Waals surface area contributed by atoms with E-state index in [1.165, 1.54) is 0 Å². The molecule has 0 bridgehead atoms. The summed E-state index contributed by atoms with van der Waals surface area (Å²) in [5, 5.41) is 5.79. The topological polar surface area (TPSA) is 46.1 Å². The third kappa shape index (κ3) is 3.91. The molecule has 0 unspecified atom stereocenters. The summed E-state index contributed by atoms with van der Waals surface area (Å²) in [6, 6.07) is -0.158. The van der Waals surface area contributed by atoms with Gasteiger partial charge in [0.25, 0.3) is 0 Å². The van der Waals surface area contributed by atoms with Gasteiger partial charge >= 0.3 is 6.18 Å². The molecule has 4 nitrogen and oxygen atoms in total. The summed E-state index contributed by atoms with van der Waals surface area (Å²) in [6.45, 7) is 1.77. The molecule has 0 saturated heterocycles. The van der Waals surface area contributed by atoms with Crippen LogP contribution in [0.3, 0.4) is 0 Å². The Labute approximate surface area is 103 Å². The predicted molar refractivity (Wildman–Crippen MR) is 61.7 cm³/mol. The van der Waals surface area contributed by atoms with Gasteiger partial charge in [0.15, 0.2) is 0 Å². The van der Waals surface area contributed by atoms with Crippen LogP contribution in [0.2, 0.25) is 0 Å². The largest absolute Gasteiger partial charge is 0.445 e. The molecule has 2 atom stereocenters. The van der Waals surface area contributed by atoms with Crippen molar-refractivity contribution < 1.29 is 17.4 Å². The first kappa shape index (κ1) is 14.4. The van der Waals surface area contributed by atoms with E-state index in [1.807, 2.05) is 0 Å². The van der Waals surface area contributed by atoms with Gasteiger partial charge in [-0.2, -0.15) is 13.2 Å². The van der Waals surface area contributed by atoms with Crippen molar-refractivity contribution in [2.24, 2.45) is 0 Å². The molecule has 17 heavy (non-hydrogen) atoms. The van der Waals surface area contributed by atoms with Crippen LogP contribution in [-0.2, 0) is 17.0 Å². The number of rotatable bonds is 4. The first-order chi connectivity index (χ1) is 7.71. The van der Waals surface area contributed by atoms with Gasteiger partial charge in [-0.1, -0.05) is 11.3 Å². The highest BCUT2D eigenvalue weighted by molar-refractivity contribution is 7.84. The van der Waals surface area contributed by atoms with E-state index in [2.05, 4.69) is 10.2 Å². The SMILES string of the molecule is C[C@H](C[S@@](C)=O)N(C)c1nnc(C(F)(F)F)s1. The molecule has 0 aromatic carbocycles. The van der Waals surface area contributed by atoms with E-state index in [-0.39, 0.29) is 11.2 Å². The summed E-state index contributed by atoms with van der Waals surface area (Å²) < 4.78 is 48.0. The molecule has 0 spiro atoms. The Morgan fingerprint density at radius 3 is 2.47 bits per heavy atom. The van der Waals surface area contributed by atoms with Crippen LogP contribution in [0.4, 0.5) is 18.3 Å². The Hall–Kier alpha value is -0.700. The van der Waals surface area contributed by atoms with Crippen molar-refractivity contribution in [2.75, 3.05) is 24.0 Å². The van der Waals surface area contributed by atoms with Crippen LogP contribution in [0.5, 0.6) is 0 Å². The summed E-state index contributed by atoms with van der Waals surface area (Å²) in [6.07, 6.45) is -2.92. The summed E-state index contributed by atoms with van der Waals surface area (Å²) in [5.74, 6) is 0.372. The highest BCUT2D eigenvalue weighted by Gasteiger charge is 2.36. The third-order valence-electron chi connectivity index (χ3n) is 2.10. The van der Waals surface area contributed by atoms with E-state index in [1.54, 1.807) is 25.1 Å². The molecule has 0 saturated carbocycles. The second-order valence-electron chi connectivity index (χ2n) is 3.59. The Morgan fingerprint density at radius 1 is 1.47 bits per heavy atom. The van der Waals surface area contributed by atoms with Gasteiger partial charge in [-0.05, 0) is 6.92 Å². The van der Waals surface area contributed by atoms with Crippen molar-refractivity contribution >= 4 is 27.3 Å². The molecule has 0 fully saturated rings. The highest BCUT2D eigenvalue weighted by atomic mass is 32.2. The van der Waals surface area contributed by atoms with Crippen molar-refractivity contribution in [3.8, 4) is 0 Å². The van der Waals surface area contributed by atoms with Crippen molar-refractivity contribution in [1.29, 1.82) is 0 Å². The molecule has 1 heterocycles. The number of aromatic nitrogens is 2. The zero-order chi connectivity index (χ0) is 13.2. The molecule has 1 aromatic rings. The van der Waals surface area contributed by atoms with Gasteiger partial charge in [-0.3, -0.25) is 4.21 Å². The summed E-state index contributed by atoms with van der Waals surface area (Å²) in [7, 11) is 0.602. The second-order valence-corrected chi connectivity index (χ2v) is 6.02. The zero-order valence-electron chi connectivity index (χ0n) is 9.48. The average Bonchev–Trinajstić information content (AvgIpc) is 2.63. The van der Waals surface area contributed by atoms with E-state index in [9.17, 15) is 17.4 Å². The quantitative estimate of drug-likeness (QED) is 0.846. The fourth-order valence-electron chi connectivity index (χ4n) is 1.11. The summed E-state index contributed by atoms with van der Waals surface area (Å²) in [4.78, 5) is 1.55. The molecule has 98 valence electrons. The lowest BCUT2D eigenvalue weighted by Crippen LogP contribution is -2.33. The molecule has 0 radical (unpaired) electrons. The minimum atomic E-state index is -4.46. The molecule has 0 N–H and O–H groups in total. The molecule has 0 aliphatic carbocycles. The Kier molecular flexibility index (Phi) is 4.48. The van der Waals surface area contributed by atoms with Crippen LogP contribution in [0.25, 0.3) is 0 Å². The number of alkyl halides is 3. The predicted octanol–water partition coefficient (Wildman–Crippen LogP) is 1.76. The lowest BCUT2D eigenvalue weighted by molar-refractivity contribution is -0.138. The van der Waals surface area contributed by atoms with Gasteiger partial charge in [0.1, 0.15) is 0 Å². The van der Waals surface area contributed by atoms with Crippen molar-refractivity contribution in [3.63, 3.8) is 0 Å². The maximum atomic E-state index is 12.3. The standard InChI is InChI=1S/C8H12F3N3OS2/c1-5(4-17(3)15)14(2)7-13-12-6(16-7)8(9,10)11/h5H,4H2,1-3H3/t5-,17-/m1/s1. The third-order valence-corrected chi connectivity index (χ3v) is 4.11. The normalized spacial score (nSPS) is 15.6. The van der Waals surface area contributed by atoms with Crippen LogP contribution < -0.4 is 4.90 Å². The van der Waals surface area contributed by atoms with Gasteiger partial charge < -0.3 is 4.90 Å². The van der Waals surface area contributed by atoms with Crippen molar-refractivity contribution in [2.45, 2.75) is 19.1 Å². The highest BCUT2D eigenvalue weighted by Crippen LogP contribution is 2.34. The molecule has 0 aliphatic heterocycles. The Balaban J connectivity index is 2.79. The first-order valence-corrected chi connectivity index (χ1v) is 7.19. The minimum Gasteiger partial charge on any atom is -0.346 e. The summed E-state index contributed by atoms with van der Waals surface area (Å²) >= 11 is 0.483. The molecule has 1 aromatic heterocycles. The zero-order valence-corrected chi connectivity index (χ0v) is 11.1. The van der Waals surface area contributed by atoms with Crippen LogP contribution in [0.1, 0.15) is 11.9 Å². The molecular formula is C8H12F3N3OS2. The van der Waals surface area contributed by atoms with Gasteiger partial charge in [0.2, 0.25) is 10.1 Å². The fourth-order valence-corrected chi connectivity index (χ4v) is 2.79. The van der Waals surface area contributed by atoms with Gasteiger partial charge in [0, 0.05) is 35.9 Å². The molecular weight excluding hydrogens is 275 g/mol. The van der Waals surface area contributed by atoms with Crippen molar-refractivity contribution in [1.82, 2.24) is 10.2 Å². The lowest BCUT2D eigenvalue weighted by Gasteiger charge is -2.22. The lowest BCUT2D eigenvalue weighted by atomic mass is 10.4. The van der Waals surface area contributed by atoms with E-state index in [4.69, 9.17) is 0 Å². The van der Waals surface area contributed by atoms with Crippen LogP contribution in [-0.4, -0.2) is 39.5 Å². The Bertz CT molecular complexity index is 407. The molecule has 1 rings (SSSR count). The van der Waals surface area contributed by atoms with Crippen molar-refractivity contribution in [3.05, 3.63) is 5.01 Å². The van der Waals surface area contributed by atoms with E-state index in [0.717, 1.165) is 0 Å². The van der Waals surface area contributed by atoms with Crippen LogP contribution >= 0.6 is 11.3 Å². The molecule has 0 aliphatic rings. The number of nitrogens with zero attached hydrogens (tertiary/aromatic N) is 3. The first-order valence-electron chi connectivity index (χ1n) is 4.65. The van der Waals surface area contributed by atoms with Gasteiger partial charge in [0.05, 0.1) is 0 Å². The molecule has 9 heteroatoms. The van der Waals surface area contributed by atoms with E-state index in [0.29, 0.717) is 17.1 Å². The minimum absolute atomic E-state index is 0.158. The Morgan fingerprint density at radius 2 is 2.06 bits per heavy atom. The van der Waals surface area contributed by atoms with E-state index >= 15 is 0 Å². The summed E-state index contributed by atoms with van der Waals surface area (Å²) in [5.41, 5.74) is 0. The number of halogens is 3. The average molecular weight is 287 g/mol. The second kappa shape index (κ2) is 5.30. The van der Waals surface area contributed by atoms with Crippen LogP contribution in [0.15, 0.2) is 0 Å². The maximum absolute atomic E-state index is 12.3. The maximum Gasteiger partial charge on any atom is 0.445 e. The van der Waals surface area contributed by atoms with Gasteiger partial charge in [-0.25, -0.2) is 0 Å². The van der Waals surface area contributed by atoms with E-state index < -0.39 is 22.0 Å². The number of hydrogen-bond acceptors (Lipinski definition) is 5. The fraction of sp³-hybridized carbons (Fsp3) is 0.750.